The largest absolute Gasteiger partial charge is 0.0622 e. The fraction of sp³-hybridized carbons (Fsp3) is 0. The van der Waals surface area contributed by atoms with Crippen LogP contribution in [0.1, 0.15) is 0 Å². The molecule has 0 heteroatoms. The Bertz CT molecular complexity index is 8530. The van der Waals surface area contributed by atoms with E-state index in [1.54, 1.807) is 0 Å². The molecule has 0 radical (unpaired) electrons. The lowest BCUT2D eigenvalue weighted by Crippen LogP contribution is -1.89. The molecule has 122 heavy (non-hydrogen) atoms. The van der Waals surface area contributed by atoms with Crippen molar-refractivity contribution in [2.75, 3.05) is 0 Å². The van der Waals surface area contributed by atoms with Crippen LogP contribution in [0.15, 0.2) is 473 Å². The van der Waals surface area contributed by atoms with Crippen molar-refractivity contribution in [2.45, 2.75) is 0 Å². The zero-order valence-corrected chi connectivity index (χ0v) is 67.0. The Balaban J connectivity index is 0.0000000946. The maximum absolute atomic E-state index is 2.41. The van der Waals surface area contributed by atoms with Gasteiger partial charge < -0.3 is 0 Å². The Hall–Kier alpha value is -15.9. The highest BCUT2D eigenvalue weighted by Gasteiger charge is 2.21. The lowest BCUT2D eigenvalue weighted by Gasteiger charge is -2.17. The van der Waals surface area contributed by atoms with Crippen LogP contribution in [-0.4, -0.2) is 0 Å². The average molecular weight is 1540 g/mol. The molecule has 0 aromatic heterocycles. The minimum Gasteiger partial charge on any atom is -0.0622 e. The minimum absolute atomic E-state index is 1.25. The number of benzene rings is 26. The van der Waals surface area contributed by atoms with E-state index in [0.29, 0.717) is 0 Å². The van der Waals surface area contributed by atoms with E-state index < -0.39 is 0 Å². The monoisotopic (exact) mass is 1540 g/mol. The van der Waals surface area contributed by atoms with Crippen molar-refractivity contribution in [1.82, 2.24) is 0 Å². The van der Waals surface area contributed by atoms with Crippen molar-refractivity contribution in [3.8, 4) is 55.6 Å². The van der Waals surface area contributed by atoms with Crippen molar-refractivity contribution >= 4 is 183 Å². The zero-order chi connectivity index (χ0) is 80.6. The topological polar surface area (TPSA) is 0 Å². The first-order valence-electron chi connectivity index (χ1n) is 42.4. The molecule has 0 saturated carbocycles. The summed E-state index contributed by atoms with van der Waals surface area (Å²) in [6.07, 6.45) is 0. The summed E-state index contributed by atoms with van der Waals surface area (Å²) in [5, 5.41) is 44.7. The summed E-state index contributed by atoms with van der Waals surface area (Å²) in [4.78, 5) is 0. The third-order valence-electron chi connectivity index (χ3n) is 25.5. The fourth-order valence-corrected chi connectivity index (χ4v) is 20.0. The second-order valence-corrected chi connectivity index (χ2v) is 32.2. The molecule has 0 amide bonds. The van der Waals surface area contributed by atoms with Gasteiger partial charge in [0, 0.05) is 0 Å². The lowest BCUT2D eigenvalue weighted by molar-refractivity contribution is 1.61. The van der Waals surface area contributed by atoms with Crippen molar-refractivity contribution in [3.05, 3.63) is 473 Å². The molecule has 26 aromatic rings. The highest BCUT2D eigenvalue weighted by Crippen LogP contribution is 2.49. The van der Waals surface area contributed by atoms with E-state index in [1.807, 2.05) is 0 Å². The molecule has 26 rings (SSSR count). The zero-order valence-electron chi connectivity index (χ0n) is 67.0. The van der Waals surface area contributed by atoms with Crippen molar-refractivity contribution in [3.63, 3.8) is 0 Å². The van der Waals surface area contributed by atoms with Gasteiger partial charge in [-0.1, -0.05) is 431 Å². The van der Waals surface area contributed by atoms with Gasteiger partial charge in [0.05, 0.1) is 0 Å². The number of rotatable bonds is 5. The molecule has 0 heterocycles. The third-order valence-corrected chi connectivity index (χ3v) is 25.5. The first-order chi connectivity index (χ1) is 60.6. The van der Waals surface area contributed by atoms with E-state index in [0.717, 1.165) is 0 Å². The van der Waals surface area contributed by atoms with Crippen LogP contribution >= 0.6 is 0 Å². The van der Waals surface area contributed by atoms with E-state index in [4.69, 9.17) is 0 Å². The summed E-state index contributed by atoms with van der Waals surface area (Å²) >= 11 is 0. The van der Waals surface area contributed by atoms with E-state index in [-0.39, 0.29) is 0 Å². The minimum atomic E-state index is 1.25. The smallest absolute Gasteiger partial charge is 0.00197 e. The van der Waals surface area contributed by atoms with Crippen LogP contribution in [0.2, 0.25) is 0 Å². The SMILES string of the molecule is c1ccc(-c2cc3c4ccccc4c4c5ccccc5ccc4c3c3ccccc23)cc1.c1ccc(-c2cc3c4ccccc4c4cc5ccccc5cc4c3c3ccccc23)cc1.c1ccc(-c2cc3c4ccccc4c4ccccc4c3c3ccccc23)cc1.c1ccc(-c2cccc(-c3cc4c5ccccc5ccc4c4ccccc34)c2)cc1. The summed E-state index contributed by atoms with van der Waals surface area (Å²) in [6.45, 7) is 0. The highest BCUT2D eigenvalue weighted by molar-refractivity contribution is 6.38. The van der Waals surface area contributed by atoms with Gasteiger partial charge in [-0.15, -0.1) is 0 Å². The molecule has 566 valence electrons. The van der Waals surface area contributed by atoms with Gasteiger partial charge in [0.15, 0.2) is 0 Å². The van der Waals surface area contributed by atoms with E-state index >= 15 is 0 Å². The molecule has 0 nitrogen and oxygen atoms in total. The molecule has 26 aromatic carbocycles. The predicted octanol–water partition coefficient (Wildman–Crippen LogP) is 34.7. The first kappa shape index (κ1) is 71.5. The van der Waals surface area contributed by atoms with Gasteiger partial charge in [-0.05, 0) is 281 Å². The quantitative estimate of drug-likeness (QED) is 0.119. The Morgan fingerprint density at radius 2 is 0.303 bits per heavy atom. The van der Waals surface area contributed by atoms with Crippen LogP contribution in [0, 0.1) is 0 Å². The standard InChI is InChI=1S/2C32H20.C30H20.C28H18/c1-2-10-21(11-3-1)29-20-30-25-15-7-9-17-27(25)31-23-13-5-4-12-22(23)18-19-28(31)32(30)26-16-8-6-14-24(26)29;1-2-10-21(11-3-1)28-20-31-25-15-7-6-14-24(25)29-18-22-12-4-5-13-23(22)19-30(29)32(31)27-17-9-8-16-26(27)28;1-2-9-21(10-3-1)23-12-8-13-24(19-23)29-20-30-25-14-5-4-11-22(25)17-18-28(30)26-15-6-7-16-27(26)29;1-2-10-19(11-3-1)26-18-27-22-14-5-4-12-20(22)21-13-6-8-16-24(21)28(27)25-17-9-7-15-23(25)26/h2*1-20H;1-20H;1-18H. The summed E-state index contributed by atoms with van der Waals surface area (Å²) in [7, 11) is 0. The molecule has 0 aliphatic rings. The molecule has 0 N–H and O–H groups in total. The highest BCUT2D eigenvalue weighted by atomic mass is 14.2. The fourth-order valence-electron chi connectivity index (χ4n) is 20.0. The number of hydrogen-bond donors (Lipinski definition) is 0. The molecule has 0 aliphatic heterocycles. The maximum Gasteiger partial charge on any atom is -0.00197 e. The molecule has 0 fully saturated rings. The van der Waals surface area contributed by atoms with E-state index in [1.165, 1.54) is 239 Å². The second-order valence-electron chi connectivity index (χ2n) is 32.2. The summed E-state index contributed by atoms with van der Waals surface area (Å²) in [5.74, 6) is 0. The van der Waals surface area contributed by atoms with Gasteiger partial charge in [0.25, 0.3) is 0 Å². The van der Waals surface area contributed by atoms with Gasteiger partial charge in [0.2, 0.25) is 0 Å². The second kappa shape index (κ2) is 30.3. The number of hydrogen-bond acceptors (Lipinski definition) is 0. The Labute approximate surface area is 706 Å². The molecule has 0 aliphatic carbocycles. The number of fused-ring (bicyclic) bond motifs is 32. The first-order valence-corrected chi connectivity index (χ1v) is 42.4. The van der Waals surface area contributed by atoms with Gasteiger partial charge in [-0.25, -0.2) is 0 Å². The van der Waals surface area contributed by atoms with Gasteiger partial charge in [0.1, 0.15) is 0 Å². The summed E-state index contributed by atoms with van der Waals surface area (Å²) in [5.41, 5.74) is 12.7. The Morgan fingerprint density at radius 3 is 0.754 bits per heavy atom. The van der Waals surface area contributed by atoms with Crippen molar-refractivity contribution in [1.29, 1.82) is 0 Å². The maximum atomic E-state index is 2.41. The average Bonchev–Trinajstić information content (AvgIpc) is 0.721. The predicted molar refractivity (Wildman–Crippen MR) is 531 cm³/mol. The molecule has 0 bridgehead atoms. The summed E-state index contributed by atoms with van der Waals surface area (Å²) < 4.78 is 0. The molecule has 0 atom stereocenters. The van der Waals surface area contributed by atoms with Gasteiger partial charge >= 0.3 is 0 Å². The van der Waals surface area contributed by atoms with E-state index in [9.17, 15) is 0 Å². The van der Waals surface area contributed by atoms with Crippen molar-refractivity contribution < 1.29 is 0 Å². The van der Waals surface area contributed by atoms with Crippen molar-refractivity contribution in [2.24, 2.45) is 0 Å². The lowest BCUT2D eigenvalue weighted by atomic mass is 9.86. The molecule has 0 unspecified atom stereocenters. The van der Waals surface area contributed by atoms with Crippen LogP contribution < -0.4 is 0 Å². The molecule has 0 saturated heterocycles. The third kappa shape index (κ3) is 12.2. The molecular formula is C122H78. The normalized spacial score (nSPS) is 11.6. The van der Waals surface area contributed by atoms with Crippen LogP contribution in [0.25, 0.3) is 239 Å². The molecular weight excluding hydrogens is 1470 g/mol. The van der Waals surface area contributed by atoms with Gasteiger partial charge in [-0.3, -0.25) is 0 Å². The van der Waals surface area contributed by atoms with Crippen LogP contribution in [-0.2, 0) is 0 Å². The van der Waals surface area contributed by atoms with Crippen LogP contribution in [0.4, 0.5) is 0 Å². The van der Waals surface area contributed by atoms with Crippen LogP contribution in [0.5, 0.6) is 0 Å². The molecule has 0 spiro atoms. The Kier molecular flexibility index (Phi) is 17.7. The Morgan fingerprint density at radius 1 is 0.0820 bits per heavy atom. The van der Waals surface area contributed by atoms with Crippen LogP contribution in [0.3, 0.4) is 0 Å². The summed E-state index contributed by atoms with van der Waals surface area (Å²) in [6, 6.07) is 172. The van der Waals surface area contributed by atoms with E-state index in [2.05, 4.69) is 473 Å². The van der Waals surface area contributed by atoms with Gasteiger partial charge in [-0.2, -0.15) is 0 Å².